The number of halogens is 1. The Morgan fingerprint density at radius 1 is 1.06 bits per heavy atom. The van der Waals surface area contributed by atoms with E-state index in [0.29, 0.717) is 18.8 Å². The molecule has 2 N–H and O–H groups in total. The average molecular weight is 448 g/mol. The fourth-order valence-corrected chi connectivity index (χ4v) is 3.77. The van der Waals surface area contributed by atoms with Gasteiger partial charge in [0.2, 0.25) is 5.91 Å². The monoisotopic (exact) mass is 447 g/mol. The van der Waals surface area contributed by atoms with Gasteiger partial charge >= 0.3 is 0 Å². The van der Waals surface area contributed by atoms with Crippen molar-refractivity contribution in [2.75, 3.05) is 18.4 Å². The van der Waals surface area contributed by atoms with E-state index in [-0.39, 0.29) is 11.7 Å². The van der Waals surface area contributed by atoms with E-state index in [1.54, 1.807) is 23.2 Å². The second-order valence-corrected chi connectivity index (χ2v) is 8.30. The third kappa shape index (κ3) is 5.49. The molecule has 3 aromatic rings. The molecule has 6 nitrogen and oxygen atoms in total. The Bertz CT molecular complexity index is 1120. The van der Waals surface area contributed by atoms with E-state index in [9.17, 15) is 9.18 Å². The fourth-order valence-electron chi connectivity index (χ4n) is 3.77. The Morgan fingerprint density at radius 3 is 2.55 bits per heavy atom. The molecule has 0 saturated carbocycles. The lowest BCUT2D eigenvalue weighted by atomic mass is 10.1. The van der Waals surface area contributed by atoms with Gasteiger partial charge < -0.3 is 15.5 Å². The maximum Gasteiger partial charge on any atom is 0.240 e. The van der Waals surface area contributed by atoms with Crippen LogP contribution in [0.25, 0.3) is 17.5 Å². The standard InChI is InChI=1S/C26H30FN5O/c1-3-4-5-14-28-17-24(33)31-15-16-32-23(18-31)30-25(20-8-10-21(27)11-9-20)26(32)29-22-12-6-19(2)7-13-22/h6-13,15-16,28-29H,3-5,14,17-18H2,1-2H3. The third-order valence-electron chi connectivity index (χ3n) is 5.68. The minimum absolute atomic E-state index is 0.00775. The molecular formula is C26H30FN5O. The van der Waals surface area contributed by atoms with Crippen LogP contribution in [0, 0.1) is 12.7 Å². The van der Waals surface area contributed by atoms with Crippen LogP contribution in [0.5, 0.6) is 0 Å². The van der Waals surface area contributed by atoms with Crippen molar-refractivity contribution in [3.8, 4) is 11.3 Å². The third-order valence-corrected chi connectivity index (χ3v) is 5.68. The largest absolute Gasteiger partial charge is 0.339 e. The van der Waals surface area contributed by atoms with Crippen molar-refractivity contribution >= 4 is 23.6 Å². The van der Waals surface area contributed by atoms with Crippen LogP contribution in [-0.4, -0.2) is 33.4 Å². The smallest absolute Gasteiger partial charge is 0.240 e. The van der Waals surface area contributed by atoms with Crippen molar-refractivity contribution < 1.29 is 9.18 Å². The number of carbonyl (C=O) groups excluding carboxylic acids is 1. The Labute approximate surface area is 194 Å². The molecule has 0 spiro atoms. The first kappa shape index (κ1) is 22.7. The molecule has 1 aromatic heterocycles. The summed E-state index contributed by atoms with van der Waals surface area (Å²) < 4.78 is 15.5. The topological polar surface area (TPSA) is 62.2 Å². The van der Waals surface area contributed by atoms with Gasteiger partial charge in [-0.3, -0.25) is 9.36 Å². The van der Waals surface area contributed by atoms with Crippen molar-refractivity contribution in [3.05, 3.63) is 71.9 Å². The number of fused-ring (bicyclic) bond motifs is 1. The first-order valence-corrected chi connectivity index (χ1v) is 11.4. The van der Waals surface area contributed by atoms with E-state index < -0.39 is 0 Å². The minimum atomic E-state index is -0.293. The van der Waals surface area contributed by atoms with Gasteiger partial charge in [0.1, 0.15) is 23.2 Å². The van der Waals surface area contributed by atoms with Crippen LogP contribution in [0.4, 0.5) is 15.9 Å². The number of hydrogen-bond donors (Lipinski definition) is 2. The van der Waals surface area contributed by atoms with Crippen molar-refractivity contribution in [2.24, 2.45) is 0 Å². The summed E-state index contributed by atoms with van der Waals surface area (Å²) in [5.74, 6) is 1.24. The van der Waals surface area contributed by atoms with Gasteiger partial charge in [0, 0.05) is 23.7 Å². The normalized spacial score (nSPS) is 12.6. The van der Waals surface area contributed by atoms with Crippen LogP contribution in [0.1, 0.15) is 37.6 Å². The lowest BCUT2D eigenvalue weighted by molar-refractivity contribution is -0.128. The molecule has 1 amide bonds. The van der Waals surface area contributed by atoms with E-state index in [2.05, 4.69) is 17.6 Å². The van der Waals surface area contributed by atoms with Gasteiger partial charge in [-0.05, 0) is 56.3 Å². The molecule has 0 radical (unpaired) electrons. The van der Waals surface area contributed by atoms with E-state index in [1.807, 2.05) is 42.0 Å². The summed E-state index contributed by atoms with van der Waals surface area (Å²) in [5, 5.41) is 6.68. The number of rotatable bonds is 9. The van der Waals surface area contributed by atoms with E-state index in [4.69, 9.17) is 4.98 Å². The van der Waals surface area contributed by atoms with Gasteiger partial charge in [0.25, 0.3) is 0 Å². The van der Waals surface area contributed by atoms with Gasteiger partial charge in [-0.15, -0.1) is 0 Å². The number of amides is 1. The molecule has 0 atom stereocenters. The summed E-state index contributed by atoms with van der Waals surface area (Å²) in [5.41, 5.74) is 3.61. The molecule has 2 aromatic carbocycles. The number of aromatic nitrogens is 2. The highest BCUT2D eigenvalue weighted by molar-refractivity contribution is 5.82. The number of aryl methyl sites for hydroxylation is 1. The molecule has 2 heterocycles. The maximum atomic E-state index is 13.5. The predicted molar refractivity (Wildman–Crippen MR) is 130 cm³/mol. The first-order valence-electron chi connectivity index (χ1n) is 11.4. The minimum Gasteiger partial charge on any atom is -0.339 e. The molecule has 0 bridgehead atoms. The summed E-state index contributed by atoms with van der Waals surface area (Å²) in [4.78, 5) is 19.2. The molecule has 0 aliphatic carbocycles. The Kier molecular flexibility index (Phi) is 7.19. The zero-order valence-corrected chi connectivity index (χ0v) is 19.1. The van der Waals surface area contributed by atoms with Gasteiger partial charge in [-0.25, -0.2) is 9.37 Å². The molecule has 1 aliphatic heterocycles. The van der Waals surface area contributed by atoms with Crippen LogP contribution < -0.4 is 10.6 Å². The number of unbranched alkanes of at least 4 members (excludes halogenated alkanes) is 2. The summed E-state index contributed by atoms with van der Waals surface area (Å²) >= 11 is 0. The highest BCUT2D eigenvalue weighted by Crippen LogP contribution is 2.33. The van der Waals surface area contributed by atoms with Crippen LogP contribution in [-0.2, 0) is 11.3 Å². The van der Waals surface area contributed by atoms with Crippen molar-refractivity contribution in [1.29, 1.82) is 0 Å². The number of hydrogen-bond acceptors (Lipinski definition) is 4. The molecule has 0 saturated heterocycles. The van der Waals surface area contributed by atoms with Crippen molar-refractivity contribution in [1.82, 2.24) is 19.8 Å². The summed E-state index contributed by atoms with van der Waals surface area (Å²) in [6, 6.07) is 14.4. The predicted octanol–water partition coefficient (Wildman–Crippen LogP) is 5.29. The highest BCUT2D eigenvalue weighted by Gasteiger charge is 2.24. The highest BCUT2D eigenvalue weighted by atomic mass is 19.1. The van der Waals surface area contributed by atoms with Crippen molar-refractivity contribution in [2.45, 2.75) is 39.7 Å². The Hall–Kier alpha value is -3.45. The zero-order chi connectivity index (χ0) is 23.2. The molecule has 4 rings (SSSR count). The lowest BCUT2D eigenvalue weighted by Crippen LogP contribution is -2.36. The number of nitrogens with one attached hydrogen (secondary N) is 2. The van der Waals surface area contributed by atoms with Gasteiger partial charge in [-0.1, -0.05) is 37.5 Å². The first-order chi connectivity index (χ1) is 16.0. The number of anilines is 2. The van der Waals surface area contributed by atoms with Crippen LogP contribution in [0.15, 0.2) is 54.7 Å². The Morgan fingerprint density at radius 2 is 1.82 bits per heavy atom. The summed E-state index contributed by atoms with van der Waals surface area (Å²) in [7, 11) is 0. The number of benzene rings is 2. The van der Waals surface area contributed by atoms with E-state index in [1.165, 1.54) is 17.7 Å². The van der Waals surface area contributed by atoms with Gasteiger partial charge in [-0.2, -0.15) is 0 Å². The number of nitrogens with zero attached hydrogens (tertiary/aromatic N) is 3. The quantitative estimate of drug-likeness (QED) is 0.438. The van der Waals surface area contributed by atoms with E-state index >= 15 is 0 Å². The summed E-state index contributed by atoms with van der Waals surface area (Å²) in [6.45, 7) is 5.71. The molecule has 0 fully saturated rings. The summed E-state index contributed by atoms with van der Waals surface area (Å²) in [6.07, 6.45) is 7.02. The number of carbonyl (C=O) groups is 1. The second-order valence-electron chi connectivity index (χ2n) is 8.30. The molecule has 1 aliphatic rings. The average Bonchev–Trinajstić information content (AvgIpc) is 3.18. The van der Waals surface area contributed by atoms with Crippen molar-refractivity contribution in [3.63, 3.8) is 0 Å². The lowest BCUT2D eigenvalue weighted by Gasteiger charge is -2.23. The number of imidazole rings is 1. The molecule has 33 heavy (non-hydrogen) atoms. The van der Waals surface area contributed by atoms with E-state index in [0.717, 1.165) is 48.7 Å². The van der Waals surface area contributed by atoms with Gasteiger partial charge in [0.05, 0.1) is 13.1 Å². The Balaban J connectivity index is 1.57. The van der Waals surface area contributed by atoms with Gasteiger partial charge in [0.15, 0.2) is 0 Å². The molecule has 0 unspecified atom stereocenters. The fraction of sp³-hybridized carbons (Fsp3) is 0.308. The second kappa shape index (κ2) is 10.4. The molecular weight excluding hydrogens is 417 g/mol. The van der Waals surface area contributed by atoms with Crippen LogP contribution in [0.2, 0.25) is 0 Å². The van der Waals surface area contributed by atoms with Crippen LogP contribution >= 0.6 is 0 Å². The molecule has 7 heteroatoms. The SMILES string of the molecule is CCCCCNCC(=O)N1C=Cn2c(nc(-c3ccc(F)cc3)c2Nc2ccc(C)cc2)C1. The van der Waals surface area contributed by atoms with Crippen LogP contribution in [0.3, 0.4) is 0 Å². The zero-order valence-electron chi connectivity index (χ0n) is 19.1. The molecule has 172 valence electrons. The maximum absolute atomic E-state index is 13.5.